The zero-order valence-electron chi connectivity index (χ0n) is 16.3. The van der Waals surface area contributed by atoms with Gasteiger partial charge >= 0.3 is 5.97 Å². The van der Waals surface area contributed by atoms with Crippen LogP contribution in [0.3, 0.4) is 0 Å². The van der Waals surface area contributed by atoms with E-state index in [2.05, 4.69) is 25.0 Å². The first-order chi connectivity index (χ1) is 14.5. The number of H-pyrrole nitrogens is 1. The number of nitrogens with one attached hydrogen (secondary N) is 2. The van der Waals surface area contributed by atoms with E-state index < -0.39 is 5.97 Å². The Morgan fingerprint density at radius 1 is 1.10 bits per heavy atom. The summed E-state index contributed by atoms with van der Waals surface area (Å²) in [4.78, 5) is 35.8. The molecule has 7 nitrogen and oxygen atoms in total. The summed E-state index contributed by atoms with van der Waals surface area (Å²) in [6, 6.07) is 9.81. The zero-order valence-corrected chi connectivity index (χ0v) is 17.9. The number of ether oxygens (including phenoxy) is 1. The van der Waals surface area contributed by atoms with E-state index in [1.807, 2.05) is 41.9 Å². The largest absolute Gasteiger partial charge is 0.464 e. The van der Waals surface area contributed by atoms with E-state index in [0.717, 1.165) is 21.8 Å². The van der Waals surface area contributed by atoms with Crippen LogP contribution in [0.2, 0.25) is 0 Å². The number of benzene rings is 1. The van der Waals surface area contributed by atoms with Crippen molar-refractivity contribution in [2.75, 3.05) is 12.4 Å². The predicted octanol–water partition coefficient (Wildman–Crippen LogP) is 4.54. The number of anilines is 1. The number of carbonyl (C=O) groups is 2. The molecule has 1 amide bonds. The Kier molecular flexibility index (Phi) is 5.73. The van der Waals surface area contributed by atoms with Gasteiger partial charge in [-0.15, -0.1) is 22.7 Å². The third-order valence-corrected chi connectivity index (χ3v) is 6.02. The van der Waals surface area contributed by atoms with Crippen LogP contribution in [0.15, 0.2) is 47.3 Å². The van der Waals surface area contributed by atoms with E-state index in [4.69, 9.17) is 0 Å². The van der Waals surface area contributed by atoms with Crippen molar-refractivity contribution >= 4 is 39.7 Å². The maximum Gasteiger partial charge on any atom is 0.354 e. The molecule has 152 valence electrons. The van der Waals surface area contributed by atoms with Gasteiger partial charge in [0.1, 0.15) is 10.7 Å². The van der Waals surface area contributed by atoms with Gasteiger partial charge in [0.05, 0.1) is 24.9 Å². The molecule has 4 aromatic rings. The Labute approximate surface area is 180 Å². The molecule has 0 aliphatic heterocycles. The molecule has 0 saturated heterocycles. The summed E-state index contributed by atoms with van der Waals surface area (Å²) < 4.78 is 4.68. The molecule has 0 atom stereocenters. The van der Waals surface area contributed by atoms with Crippen molar-refractivity contribution in [1.82, 2.24) is 15.0 Å². The van der Waals surface area contributed by atoms with E-state index in [0.29, 0.717) is 16.5 Å². The number of aryl methyl sites for hydroxylation is 1. The Balaban J connectivity index is 1.39. The fourth-order valence-corrected chi connectivity index (χ4v) is 4.34. The highest BCUT2D eigenvalue weighted by Crippen LogP contribution is 2.27. The highest BCUT2D eigenvalue weighted by molar-refractivity contribution is 7.14. The molecule has 4 rings (SSSR count). The Bertz CT molecular complexity index is 1190. The monoisotopic (exact) mass is 438 g/mol. The molecular formula is C21H18N4O3S2. The third kappa shape index (κ3) is 4.47. The first-order valence-electron chi connectivity index (χ1n) is 9.06. The molecule has 3 aromatic heterocycles. The number of carbonyl (C=O) groups excluding carboxylic acids is 2. The summed E-state index contributed by atoms with van der Waals surface area (Å²) in [5.41, 5.74) is 4.71. The summed E-state index contributed by atoms with van der Waals surface area (Å²) in [6.45, 7) is 2.04. The average molecular weight is 439 g/mol. The molecule has 0 saturated carbocycles. The van der Waals surface area contributed by atoms with Gasteiger partial charge in [-0.2, -0.15) is 0 Å². The van der Waals surface area contributed by atoms with Crippen molar-refractivity contribution in [1.29, 1.82) is 0 Å². The number of amides is 1. The number of methoxy groups -OCH3 is 1. The van der Waals surface area contributed by atoms with Gasteiger partial charge in [0.15, 0.2) is 5.13 Å². The molecule has 0 radical (unpaired) electrons. The minimum Gasteiger partial charge on any atom is -0.464 e. The predicted molar refractivity (Wildman–Crippen MR) is 118 cm³/mol. The lowest BCUT2D eigenvalue weighted by molar-refractivity contribution is -0.115. The fourth-order valence-electron chi connectivity index (χ4n) is 2.78. The van der Waals surface area contributed by atoms with Crippen molar-refractivity contribution in [3.8, 4) is 21.8 Å². The number of nitrogens with zero attached hydrogens (tertiary/aromatic N) is 2. The summed E-state index contributed by atoms with van der Waals surface area (Å²) in [5, 5.41) is 7.91. The van der Waals surface area contributed by atoms with E-state index in [-0.39, 0.29) is 12.3 Å². The SMILES string of the molecule is COC(=O)c1cc(-c2csc(NC(=O)Cc3csc(-c4ccc(C)cc4)n3)n2)c[nH]1. The van der Waals surface area contributed by atoms with Gasteiger partial charge in [-0.05, 0) is 13.0 Å². The lowest BCUT2D eigenvalue weighted by atomic mass is 10.2. The van der Waals surface area contributed by atoms with Crippen molar-refractivity contribution in [2.45, 2.75) is 13.3 Å². The standard InChI is InChI=1S/C21H18N4O3S2/c1-12-3-5-13(6-4-12)19-23-15(10-29-19)8-18(26)25-21-24-17(11-30-21)14-7-16(22-9-14)20(27)28-2/h3-7,9-11,22H,8H2,1-2H3,(H,24,25,26). The second kappa shape index (κ2) is 8.60. The Morgan fingerprint density at radius 3 is 2.67 bits per heavy atom. The molecule has 9 heteroatoms. The Morgan fingerprint density at radius 2 is 1.90 bits per heavy atom. The second-order valence-corrected chi connectivity index (χ2v) is 8.28. The van der Waals surface area contributed by atoms with Crippen LogP contribution < -0.4 is 5.32 Å². The van der Waals surface area contributed by atoms with Crippen LogP contribution in [-0.2, 0) is 16.0 Å². The van der Waals surface area contributed by atoms with Gasteiger partial charge in [0, 0.05) is 28.1 Å². The van der Waals surface area contributed by atoms with E-state index in [1.54, 1.807) is 12.3 Å². The average Bonchev–Trinajstić information content (AvgIpc) is 3.48. The van der Waals surface area contributed by atoms with E-state index in [9.17, 15) is 9.59 Å². The van der Waals surface area contributed by atoms with Crippen LogP contribution in [-0.4, -0.2) is 33.9 Å². The van der Waals surface area contributed by atoms with Gasteiger partial charge in [-0.1, -0.05) is 29.8 Å². The third-order valence-electron chi connectivity index (χ3n) is 4.33. The van der Waals surface area contributed by atoms with E-state index in [1.165, 1.54) is 35.3 Å². The molecule has 1 aromatic carbocycles. The first-order valence-corrected chi connectivity index (χ1v) is 10.8. The van der Waals surface area contributed by atoms with E-state index >= 15 is 0 Å². The fraction of sp³-hybridized carbons (Fsp3) is 0.143. The Hall–Kier alpha value is -3.30. The summed E-state index contributed by atoms with van der Waals surface area (Å²) in [6.07, 6.45) is 1.85. The molecule has 30 heavy (non-hydrogen) atoms. The molecule has 0 unspecified atom stereocenters. The molecule has 0 fully saturated rings. The van der Waals surface area contributed by atoms with Crippen LogP contribution in [0, 0.1) is 6.92 Å². The van der Waals surface area contributed by atoms with Crippen molar-refractivity contribution in [3.63, 3.8) is 0 Å². The zero-order chi connectivity index (χ0) is 21.1. The van der Waals surface area contributed by atoms with Gasteiger partial charge in [-0.25, -0.2) is 14.8 Å². The van der Waals surface area contributed by atoms with Crippen LogP contribution in [0.25, 0.3) is 21.8 Å². The number of hydrogen-bond acceptors (Lipinski definition) is 7. The summed E-state index contributed by atoms with van der Waals surface area (Å²) in [7, 11) is 1.32. The van der Waals surface area contributed by atoms with Gasteiger partial charge in [0.2, 0.25) is 5.91 Å². The minimum absolute atomic E-state index is 0.175. The normalized spacial score (nSPS) is 10.7. The number of rotatable bonds is 6. The summed E-state index contributed by atoms with van der Waals surface area (Å²) in [5.74, 6) is -0.626. The van der Waals surface area contributed by atoms with Crippen LogP contribution in [0.4, 0.5) is 5.13 Å². The van der Waals surface area contributed by atoms with Crippen molar-refractivity contribution in [3.05, 3.63) is 64.2 Å². The molecule has 3 heterocycles. The quantitative estimate of drug-likeness (QED) is 0.431. The van der Waals surface area contributed by atoms with Crippen molar-refractivity contribution < 1.29 is 14.3 Å². The van der Waals surface area contributed by atoms with Crippen LogP contribution >= 0.6 is 22.7 Å². The maximum absolute atomic E-state index is 12.4. The minimum atomic E-state index is -0.446. The van der Waals surface area contributed by atoms with Crippen LogP contribution in [0.5, 0.6) is 0 Å². The lowest BCUT2D eigenvalue weighted by Gasteiger charge is -1.99. The topological polar surface area (TPSA) is 97.0 Å². The highest BCUT2D eigenvalue weighted by atomic mass is 32.1. The number of hydrogen-bond donors (Lipinski definition) is 2. The molecule has 0 spiro atoms. The molecule has 0 aliphatic carbocycles. The lowest BCUT2D eigenvalue weighted by Crippen LogP contribution is -2.14. The first kappa shape index (κ1) is 20.0. The van der Waals surface area contributed by atoms with Gasteiger partial charge < -0.3 is 15.0 Å². The number of esters is 1. The van der Waals surface area contributed by atoms with Gasteiger partial charge in [-0.3, -0.25) is 4.79 Å². The second-order valence-electron chi connectivity index (χ2n) is 6.57. The van der Waals surface area contributed by atoms with Gasteiger partial charge in [0.25, 0.3) is 0 Å². The smallest absolute Gasteiger partial charge is 0.354 e. The molecular weight excluding hydrogens is 420 g/mol. The number of thiazole rings is 2. The maximum atomic E-state index is 12.4. The number of aromatic nitrogens is 3. The van der Waals surface area contributed by atoms with Crippen molar-refractivity contribution in [2.24, 2.45) is 0 Å². The molecule has 0 bridgehead atoms. The number of aromatic amines is 1. The highest BCUT2D eigenvalue weighted by Gasteiger charge is 2.14. The van der Waals surface area contributed by atoms with Crippen LogP contribution in [0.1, 0.15) is 21.7 Å². The molecule has 0 aliphatic rings. The molecule has 2 N–H and O–H groups in total. The summed E-state index contributed by atoms with van der Waals surface area (Å²) >= 11 is 2.84.